The molecule has 26 heavy (non-hydrogen) atoms. The lowest BCUT2D eigenvalue weighted by molar-refractivity contribution is -0.116. The van der Waals surface area contributed by atoms with Crippen LogP contribution in [0.4, 0.5) is 5.69 Å². The second-order valence-electron chi connectivity index (χ2n) is 7.44. The van der Waals surface area contributed by atoms with Crippen LogP contribution in [0.2, 0.25) is 0 Å². The van der Waals surface area contributed by atoms with E-state index in [1.807, 2.05) is 40.6 Å². The lowest BCUT2D eigenvalue weighted by Crippen LogP contribution is -2.37. The third kappa shape index (κ3) is 3.05. The van der Waals surface area contributed by atoms with Gasteiger partial charge in [-0.25, -0.2) is 0 Å². The number of thiophene rings is 1. The van der Waals surface area contributed by atoms with Crippen LogP contribution in [0, 0.1) is 0 Å². The van der Waals surface area contributed by atoms with Crippen molar-refractivity contribution in [1.29, 1.82) is 0 Å². The van der Waals surface area contributed by atoms with Crippen LogP contribution in [0.15, 0.2) is 35.7 Å². The van der Waals surface area contributed by atoms with Crippen LogP contribution >= 0.6 is 11.3 Å². The first-order valence-corrected chi connectivity index (χ1v) is 10.2. The summed E-state index contributed by atoms with van der Waals surface area (Å²) in [6.45, 7) is 2.95. The molecule has 0 saturated heterocycles. The number of hydrogen-bond donors (Lipinski definition) is 1. The number of nitrogens with one attached hydrogen (secondary N) is 1. The van der Waals surface area contributed by atoms with Gasteiger partial charge in [-0.15, -0.1) is 11.3 Å². The van der Waals surface area contributed by atoms with Crippen LogP contribution in [0.1, 0.15) is 59.8 Å². The van der Waals surface area contributed by atoms with Crippen LogP contribution in [-0.2, 0) is 16.8 Å². The fraction of sp³-hybridized carbons (Fsp3) is 0.429. The van der Waals surface area contributed by atoms with Gasteiger partial charge in [-0.1, -0.05) is 25.3 Å². The molecule has 1 aromatic heterocycles. The molecule has 0 unspecified atom stereocenters. The second kappa shape index (κ2) is 6.88. The highest BCUT2D eigenvalue weighted by Gasteiger charge is 2.44. The molecular weight excluding hydrogens is 344 g/mol. The number of hydrogen-bond acceptors (Lipinski definition) is 3. The maximum absolute atomic E-state index is 12.6. The Balaban J connectivity index is 1.62. The molecule has 0 bridgehead atoms. The maximum atomic E-state index is 12.6. The largest absolute Gasteiger partial charge is 0.347 e. The fourth-order valence-corrected chi connectivity index (χ4v) is 5.07. The molecule has 1 aliphatic heterocycles. The molecule has 0 radical (unpaired) electrons. The van der Waals surface area contributed by atoms with Gasteiger partial charge in [0, 0.05) is 35.0 Å². The van der Waals surface area contributed by atoms with Gasteiger partial charge in [0.25, 0.3) is 5.91 Å². The van der Waals surface area contributed by atoms with Crippen molar-refractivity contribution in [2.45, 2.75) is 51.0 Å². The summed E-state index contributed by atoms with van der Waals surface area (Å²) in [7, 11) is 0. The highest BCUT2D eigenvalue weighted by Crippen LogP contribution is 2.49. The maximum Gasteiger partial charge on any atom is 0.251 e. The summed E-state index contributed by atoms with van der Waals surface area (Å²) in [6, 6.07) is 9.86. The van der Waals surface area contributed by atoms with Crippen LogP contribution in [0.3, 0.4) is 0 Å². The van der Waals surface area contributed by atoms with E-state index in [1.165, 1.54) is 24.8 Å². The van der Waals surface area contributed by atoms with Gasteiger partial charge in [0.2, 0.25) is 5.91 Å². The molecule has 1 N–H and O–H groups in total. The number of fused-ring (bicyclic) bond motifs is 2. The number of carbonyl (C=O) groups is 2. The minimum Gasteiger partial charge on any atom is -0.347 e. The summed E-state index contributed by atoms with van der Waals surface area (Å²) in [5.41, 5.74) is 2.91. The Labute approximate surface area is 158 Å². The van der Waals surface area contributed by atoms with Crippen LogP contribution < -0.4 is 10.2 Å². The van der Waals surface area contributed by atoms with Crippen LogP contribution in [0.5, 0.6) is 0 Å². The van der Waals surface area contributed by atoms with Gasteiger partial charge in [-0.2, -0.15) is 0 Å². The molecule has 1 fully saturated rings. The van der Waals surface area contributed by atoms with Crippen molar-refractivity contribution in [2.24, 2.45) is 0 Å². The van der Waals surface area contributed by atoms with Gasteiger partial charge < -0.3 is 10.2 Å². The van der Waals surface area contributed by atoms with Gasteiger partial charge in [-0.3, -0.25) is 9.59 Å². The Kier molecular flexibility index (Phi) is 4.57. The predicted octanol–water partition coefficient (Wildman–Crippen LogP) is 4.25. The van der Waals surface area contributed by atoms with Crippen LogP contribution in [-0.4, -0.2) is 18.4 Å². The minimum atomic E-state index is -0.0477. The zero-order valence-corrected chi connectivity index (χ0v) is 15.9. The lowest BCUT2D eigenvalue weighted by atomic mass is 9.70. The molecule has 1 aromatic carbocycles. The van der Waals surface area contributed by atoms with Crippen molar-refractivity contribution in [3.63, 3.8) is 0 Å². The van der Waals surface area contributed by atoms with E-state index in [0.29, 0.717) is 12.1 Å². The first-order chi connectivity index (χ1) is 12.6. The molecule has 0 atom stereocenters. The summed E-state index contributed by atoms with van der Waals surface area (Å²) < 4.78 is 0. The molecule has 2 heterocycles. The van der Waals surface area contributed by atoms with E-state index in [1.54, 1.807) is 18.3 Å². The molecule has 2 aliphatic rings. The Hall–Kier alpha value is -2.14. The highest BCUT2D eigenvalue weighted by molar-refractivity contribution is 7.09. The summed E-state index contributed by atoms with van der Waals surface area (Å²) >= 11 is 1.64. The summed E-state index contributed by atoms with van der Waals surface area (Å²) in [6.07, 6.45) is 5.85. The zero-order chi connectivity index (χ0) is 18.1. The van der Waals surface area contributed by atoms with Crippen molar-refractivity contribution < 1.29 is 9.59 Å². The topological polar surface area (TPSA) is 49.4 Å². The monoisotopic (exact) mass is 368 g/mol. The van der Waals surface area contributed by atoms with Gasteiger partial charge in [0.15, 0.2) is 0 Å². The zero-order valence-electron chi connectivity index (χ0n) is 15.1. The summed E-state index contributed by atoms with van der Waals surface area (Å²) in [5, 5.41) is 5.02. The van der Waals surface area contributed by atoms with E-state index in [0.717, 1.165) is 30.0 Å². The quantitative estimate of drug-likeness (QED) is 0.881. The molecule has 1 spiro atoms. The number of anilines is 1. The van der Waals surface area contributed by atoms with Crippen molar-refractivity contribution >= 4 is 28.8 Å². The Morgan fingerprint density at radius 1 is 1.19 bits per heavy atom. The molecule has 2 amide bonds. The average molecular weight is 369 g/mol. The average Bonchev–Trinajstić information content (AvgIpc) is 3.27. The van der Waals surface area contributed by atoms with Crippen LogP contribution in [0.25, 0.3) is 0 Å². The summed E-state index contributed by atoms with van der Waals surface area (Å²) in [4.78, 5) is 27.8. The van der Waals surface area contributed by atoms with Crippen molar-refractivity contribution in [1.82, 2.24) is 5.32 Å². The highest BCUT2D eigenvalue weighted by atomic mass is 32.1. The van der Waals surface area contributed by atoms with Gasteiger partial charge in [0.1, 0.15) is 0 Å². The second-order valence-corrected chi connectivity index (χ2v) is 8.47. The van der Waals surface area contributed by atoms with Gasteiger partial charge in [0.05, 0.1) is 6.54 Å². The third-order valence-electron chi connectivity index (χ3n) is 5.78. The Morgan fingerprint density at radius 3 is 2.69 bits per heavy atom. The predicted molar refractivity (Wildman–Crippen MR) is 105 cm³/mol. The molecule has 136 valence electrons. The molecule has 4 nitrogen and oxygen atoms in total. The number of carbonyl (C=O) groups excluding carboxylic acids is 2. The van der Waals surface area contributed by atoms with E-state index >= 15 is 0 Å². The van der Waals surface area contributed by atoms with Gasteiger partial charge >= 0.3 is 0 Å². The first-order valence-electron chi connectivity index (χ1n) is 9.32. The molecule has 2 aromatic rings. The fourth-order valence-electron chi connectivity index (χ4n) is 4.43. The Morgan fingerprint density at radius 2 is 2.00 bits per heavy atom. The number of rotatable bonds is 3. The SMILES string of the molecule is CC(=O)N1CC2(CCCCC2)c2cc(C(=O)NCc3cccs3)ccc21. The molecule has 4 rings (SSSR count). The standard InChI is InChI=1S/C21H24N2O2S/c1-15(24)23-14-21(9-3-2-4-10-21)18-12-16(7-8-19(18)23)20(25)22-13-17-6-5-11-26-17/h5-8,11-12H,2-4,9-10,13-14H2,1H3,(H,22,25). The molecule has 1 saturated carbocycles. The number of amides is 2. The minimum absolute atomic E-state index is 0.0310. The number of benzene rings is 1. The van der Waals surface area contributed by atoms with E-state index in [9.17, 15) is 9.59 Å². The normalized spacial score (nSPS) is 18.0. The van der Waals surface area contributed by atoms with E-state index in [4.69, 9.17) is 0 Å². The number of nitrogens with zero attached hydrogens (tertiary/aromatic N) is 1. The van der Waals surface area contributed by atoms with E-state index < -0.39 is 0 Å². The Bertz CT molecular complexity index is 823. The van der Waals surface area contributed by atoms with E-state index in [-0.39, 0.29) is 17.2 Å². The van der Waals surface area contributed by atoms with Crippen molar-refractivity contribution in [3.8, 4) is 0 Å². The van der Waals surface area contributed by atoms with Gasteiger partial charge in [-0.05, 0) is 48.1 Å². The summed E-state index contributed by atoms with van der Waals surface area (Å²) in [5.74, 6) is 0.0389. The van der Waals surface area contributed by atoms with E-state index in [2.05, 4.69) is 5.32 Å². The lowest BCUT2D eigenvalue weighted by Gasteiger charge is -2.34. The molecule has 1 aliphatic carbocycles. The molecule has 5 heteroatoms. The third-order valence-corrected chi connectivity index (χ3v) is 6.65. The smallest absolute Gasteiger partial charge is 0.251 e. The molecular formula is C21H24N2O2S. The van der Waals surface area contributed by atoms with Crippen molar-refractivity contribution in [3.05, 3.63) is 51.7 Å². The van der Waals surface area contributed by atoms with Crippen molar-refractivity contribution in [2.75, 3.05) is 11.4 Å². The first kappa shape index (κ1) is 17.3.